The van der Waals surface area contributed by atoms with Crippen molar-refractivity contribution in [2.75, 3.05) is 26.2 Å². The SMILES string of the molecule is CC(NC(=S)N1CCN(Cc2cccnc2)CC1)c1ccccc1. The Morgan fingerprint density at radius 3 is 2.54 bits per heavy atom. The fourth-order valence-electron chi connectivity index (χ4n) is 2.96. The molecule has 1 atom stereocenters. The molecule has 5 heteroatoms. The van der Waals surface area contributed by atoms with E-state index in [9.17, 15) is 0 Å². The number of aromatic nitrogens is 1. The van der Waals surface area contributed by atoms with Gasteiger partial charge in [-0.05, 0) is 36.3 Å². The second kappa shape index (κ2) is 8.22. The maximum Gasteiger partial charge on any atom is 0.169 e. The molecular weight excluding hydrogens is 316 g/mol. The van der Waals surface area contributed by atoms with Gasteiger partial charge in [0.2, 0.25) is 0 Å². The van der Waals surface area contributed by atoms with E-state index in [1.54, 1.807) is 0 Å². The van der Waals surface area contributed by atoms with Gasteiger partial charge in [-0.25, -0.2) is 0 Å². The number of hydrogen-bond donors (Lipinski definition) is 1. The molecule has 1 saturated heterocycles. The van der Waals surface area contributed by atoms with Crippen LogP contribution in [0.2, 0.25) is 0 Å². The van der Waals surface area contributed by atoms with E-state index in [-0.39, 0.29) is 6.04 Å². The first-order valence-electron chi connectivity index (χ1n) is 8.44. The van der Waals surface area contributed by atoms with E-state index in [4.69, 9.17) is 12.2 Å². The number of pyridine rings is 1. The third kappa shape index (κ3) is 4.52. The normalized spacial score (nSPS) is 16.6. The Bertz CT molecular complexity index is 639. The molecule has 1 N–H and O–H groups in total. The summed E-state index contributed by atoms with van der Waals surface area (Å²) in [5.74, 6) is 0. The minimum Gasteiger partial charge on any atom is -0.356 e. The Balaban J connectivity index is 1.47. The van der Waals surface area contributed by atoms with Crippen molar-refractivity contribution >= 4 is 17.3 Å². The third-order valence-corrected chi connectivity index (χ3v) is 4.80. The molecule has 2 aromatic rings. The Morgan fingerprint density at radius 2 is 1.88 bits per heavy atom. The highest BCUT2D eigenvalue weighted by Gasteiger charge is 2.20. The first kappa shape index (κ1) is 16.9. The van der Waals surface area contributed by atoms with Crippen LogP contribution < -0.4 is 5.32 Å². The first-order valence-corrected chi connectivity index (χ1v) is 8.85. The van der Waals surface area contributed by atoms with Crippen molar-refractivity contribution < 1.29 is 0 Å². The summed E-state index contributed by atoms with van der Waals surface area (Å²) < 4.78 is 0. The second-order valence-corrected chi connectivity index (χ2v) is 6.59. The summed E-state index contributed by atoms with van der Waals surface area (Å²) in [7, 11) is 0. The fourth-order valence-corrected chi connectivity index (χ4v) is 3.32. The van der Waals surface area contributed by atoms with Gasteiger partial charge < -0.3 is 10.2 Å². The van der Waals surface area contributed by atoms with E-state index in [1.165, 1.54) is 11.1 Å². The molecule has 4 nitrogen and oxygen atoms in total. The molecular formula is C19H24N4S. The maximum absolute atomic E-state index is 5.60. The van der Waals surface area contributed by atoms with Crippen molar-refractivity contribution in [1.29, 1.82) is 0 Å². The average Bonchev–Trinajstić information content (AvgIpc) is 2.64. The monoisotopic (exact) mass is 340 g/mol. The van der Waals surface area contributed by atoms with Crippen molar-refractivity contribution in [3.63, 3.8) is 0 Å². The van der Waals surface area contributed by atoms with Crippen molar-refractivity contribution in [1.82, 2.24) is 20.1 Å². The van der Waals surface area contributed by atoms with Crippen molar-refractivity contribution in [2.45, 2.75) is 19.5 Å². The lowest BCUT2D eigenvalue weighted by Crippen LogP contribution is -2.51. The number of rotatable bonds is 4. The molecule has 1 aromatic carbocycles. The summed E-state index contributed by atoms with van der Waals surface area (Å²) in [6.45, 7) is 7.09. The number of thiocarbonyl (C=S) groups is 1. The molecule has 0 aliphatic carbocycles. The minimum absolute atomic E-state index is 0.229. The van der Waals surface area contributed by atoms with Crippen LogP contribution in [0.3, 0.4) is 0 Å². The van der Waals surface area contributed by atoms with Crippen molar-refractivity contribution in [3.8, 4) is 0 Å². The van der Waals surface area contributed by atoms with Gasteiger partial charge in [-0.3, -0.25) is 9.88 Å². The molecule has 0 spiro atoms. The van der Waals surface area contributed by atoms with E-state index in [0.29, 0.717) is 0 Å². The molecule has 1 aromatic heterocycles. The second-order valence-electron chi connectivity index (χ2n) is 6.21. The molecule has 0 saturated carbocycles. The Hall–Kier alpha value is -1.98. The van der Waals surface area contributed by atoms with Gasteiger partial charge >= 0.3 is 0 Å². The van der Waals surface area contributed by atoms with Gasteiger partial charge in [0, 0.05) is 45.1 Å². The van der Waals surface area contributed by atoms with Gasteiger partial charge in [-0.15, -0.1) is 0 Å². The quantitative estimate of drug-likeness (QED) is 0.865. The summed E-state index contributed by atoms with van der Waals surface area (Å²) in [6.07, 6.45) is 3.76. The molecule has 126 valence electrons. The van der Waals surface area contributed by atoms with E-state index in [1.807, 2.05) is 24.5 Å². The number of nitrogens with zero attached hydrogens (tertiary/aromatic N) is 3. The summed E-state index contributed by atoms with van der Waals surface area (Å²) >= 11 is 5.60. The summed E-state index contributed by atoms with van der Waals surface area (Å²) in [5.41, 5.74) is 2.53. The molecule has 1 fully saturated rings. The minimum atomic E-state index is 0.229. The molecule has 0 radical (unpaired) electrons. The van der Waals surface area contributed by atoms with Crippen molar-refractivity contribution in [3.05, 3.63) is 66.0 Å². The zero-order valence-electron chi connectivity index (χ0n) is 14.1. The first-order chi connectivity index (χ1) is 11.7. The molecule has 2 heterocycles. The topological polar surface area (TPSA) is 31.4 Å². The van der Waals surface area contributed by atoms with Gasteiger partial charge in [0.05, 0.1) is 6.04 Å². The van der Waals surface area contributed by atoms with Crippen LogP contribution in [0.15, 0.2) is 54.9 Å². The summed E-state index contributed by atoms with van der Waals surface area (Å²) in [4.78, 5) is 8.91. The third-order valence-electron chi connectivity index (χ3n) is 4.43. The highest BCUT2D eigenvalue weighted by Crippen LogP contribution is 2.13. The van der Waals surface area contributed by atoms with Crippen LogP contribution in [0.5, 0.6) is 0 Å². The van der Waals surface area contributed by atoms with Gasteiger partial charge in [0.25, 0.3) is 0 Å². The zero-order valence-corrected chi connectivity index (χ0v) is 14.9. The van der Waals surface area contributed by atoms with Crippen LogP contribution in [-0.2, 0) is 6.54 Å². The molecule has 24 heavy (non-hydrogen) atoms. The highest BCUT2D eigenvalue weighted by atomic mass is 32.1. The summed E-state index contributed by atoms with van der Waals surface area (Å²) in [5, 5.41) is 4.31. The van der Waals surface area contributed by atoms with Gasteiger partial charge in [0.15, 0.2) is 5.11 Å². The van der Waals surface area contributed by atoms with E-state index < -0.39 is 0 Å². The predicted molar refractivity (Wildman–Crippen MR) is 102 cm³/mol. The Morgan fingerprint density at radius 1 is 1.12 bits per heavy atom. The maximum atomic E-state index is 5.60. The van der Waals surface area contributed by atoms with Gasteiger partial charge in [-0.2, -0.15) is 0 Å². The summed E-state index contributed by atoms with van der Waals surface area (Å²) in [6, 6.07) is 14.8. The van der Waals surface area contributed by atoms with Crippen LogP contribution in [0, 0.1) is 0 Å². The van der Waals surface area contributed by atoms with Crippen LogP contribution in [0.1, 0.15) is 24.1 Å². The molecule has 3 rings (SSSR count). The number of nitrogens with one attached hydrogen (secondary N) is 1. The Labute approximate surface area is 149 Å². The number of benzene rings is 1. The van der Waals surface area contributed by atoms with E-state index >= 15 is 0 Å². The van der Waals surface area contributed by atoms with E-state index in [2.05, 4.69) is 57.4 Å². The van der Waals surface area contributed by atoms with E-state index in [0.717, 1.165) is 37.8 Å². The number of hydrogen-bond acceptors (Lipinski definition) is 3. The molecule has 0 amide bonds. The largest absolute Gasteiger partial charge is 0.356 e. The molecule has 1 unspecified atom stereocenters. The lowest BCUT2D eigenvalue weighted by Gasteiger charge is -2.37. The van der Waals surface area contributed by atoms with Gasteiger partial charge in [-0.1, -0.05) is 36.4 Å². The lowest BCUT2D eigenvalue weighted by molar-refractivity contribution is 0.174. The molecule has 1 aliphatic rings. The highest BCUT2D eigenvalue weighted by molar-refractivity contribution is 7.80. The fraction of sp³-hybridized carbons (Fsp3) is 0.368. The smallest absolute Gasteiger partial charge is 0.169 e. The Kier molecular flexibility index (Phi) is 5.77. The van der Waals surface area contributed by atoms with Crippen LogP contribution in [0.4, 0.5) is 0 Å². The molecule has 1 aliphatic heterocycles. The predicted octanol–water partition coefficient (Wildman–Crippen LogP) is 2.83. The standard InChI is InChI=1S/C19H24N4S/c1-16(18-7-3-2-4-8-18)21-19(24)23-12-10-22(11-13-23)15-17-6-5-9-20-14-17/h2-9,14,16H,10-13,15H2,1H3,(H,21,24). The lowest BCUT2D eigenvalue weighted by atomic mass is 10.1. The number of piperazine rings is 1. The van der Waals surface area contributed by atoms with Crippen LogP contribution in [0.25, 0.3) is 0 Å². The van der Waals surface area contributed by atoms with Crippen molar-refractivity contribution in [2.24, 2.45) is 0 Å². The zero-order chi connectivity index (χ0) is 16.8. The van der Waals surface area contributed by atoms with Crippen LogP contribution in [-0.4, -0.2) is 46.1 Å². The van der Waals surface area contributed by atoms with Crippen LogP contribution >= 0.6 is 12.2 Å². The average molecular weight is 340 g/mol. The molecule has 0 bridgehead atoms. The van der Waals surface area contributed by atoms with Gasteiger partial charge in [0.1, 0.15) is 0 Å².